The number of nitrogens with one attached hydrogen (secondary N) is 1. The fourth-order valence-corrected chi connectivity index (χ4v) is 2.51. The molecule has 0 aromatic heterocycles. The maximum absolute atomic E-state index is 12.0. The summed E-state index contributed by atoms with van der Waals surface area (Å²) in [6.45, 7) is 0. The minimum Gasteiger partial charge on any atom is -0.274 e. The van der Waals surface area contributed by atoms with Crippen LogP contribution in [0, 0.1) is 10.1 Å². The van der Waals surface area contributed by atoms with E-state index < -0.39 is 20.9 Å². The van der Waals surface area contributed by atoms with E-state index in [4.69, 9.17) is 0 Å². The second-order valence-electron chi connectivity index (χ2n) is 5.29. The van der Waals surface area contributed by atoms with Gasteiger partial charge in [0, 0.05) is 18.7 Å². The van der Waals surface area contributed by atoms with Gasteiger partial charge in [-0.1, -0.05) is 12.1 Å². The average Bonchev–Trinajstić information content (AvgIpc) is 2.60. The van der Waals surface area contributed by atoms with Gasteiger partial charge in [0.1, 0.15) is 0 Å². The van der Waals surface area contributed by atoms with Gasteiger partial charge in [0.05, 0.1) is 28.6 Å². The molecule has 10 heteroatoms. The van der Waals surface area contributed by atoms with Gasteiger partial charge in [-0.05, 0) is 30.3 Å². The molecule has 0 fully saturated rings. The number of hydrogen-bond donors (Lipinski definition) is 1. The monoisotopic (exact) mass is 376 g/mol. The first-order chi connectivity index (χ1) is 12.2. The third kappa shape index (κ3) is 4.63. The van der Waals surface area contributed by atoms with Crippen LogP contribution in [0.15, 0.2) is 53.6 Å². The first-order valence-corrected chi connectivity index (χ1v) is 9.16. The van der Waals surface area contributed by atoms with Gasteiger partial charge in [0.25, 0.3) is 11.6 Å². The number of sulfonamides is 1. The number of nitrogens with zero attached hydrogens (tertiary/aromatic N) is 3. The van der Waals surface area contributed by atoms with E-state index in [9.17, 15) is 23.3 Å². The maximum Gasteiger partial charge on any atom is 0.278 e. The molecule has 0 aliphatic carbocycles. The van der Waals surface area contributed by atoms with Crippen LogP contribution in [0.2, 0.25) is 0 Å². The van der Waals surface area contributed by atoms with Crippen molar-refractivity contribution in [3.8, 4) is 0 Å². The highest BCUT2D eigenvalue weighted by atomic mass is 32.2. The average molecular weight is 376 g/mol. The molecule has 1 N–H and O–H groups in total. The molecule has 2 aromatic rings. The standard InChI is InChI=1S/C16H16N4O5S/c1-19(26(2,24)25)14-9-7-12(8-10-14)16(21)18-17-11-13-5-3-4-6-15(13)20(22)23/h3-11H,1-2H3,(H,18,21)/b17-11-. The summed E-state index contributed by atoms with van der Waals surface area (Å²) in [6, 6.07) is 11.9. The van der Waals surface area contributed by atoms with Crippen molar-refractivity contribution in [3.63, 3.8) is 0 Å². The van der Waals surface area contributed by atoms with Crippen molar-refractivity contribution in [2.24, 2.45) is 5.10 Å². The van der Waals surface area contributed by atoms with Crippen LogP contribution in [0.4, 0.5) is 11.4 Å². The molecule has 0 spiro atoms. The lowest BCUT2D eigenvalue weighted by molar-refractivity contribution is -0.385. The van der Waals surface area contributed by atoms with E-state index in [0.29, 0.717) is 5.69 Å². The van der Waals surface area contributed by atoms with E-state index in [1.54, 1.807) is 6.07 Å². The molecule has 0 atom stereocenters. The van der Waals surface area contributed by atoms with Crippen LogP contribution in [0.3, 0.4) is 0 Å². The number of amides is 1. The van der Waals surface area contributed by atoms with Gasteiger partial charge in [0.2, 0.25) is 10.0 Å². The fraction of sp³-hybridized carbons (Fsp3) is 0.125. The van der Waals surface area contributed by atoms with Gasteiger partial charge < -0.3 is 0 Å². The number of para-hydroxylation sites is 1. The number of rotatable bonds is 6. The lowest BCUT2D eigenvalue weighted by Gasteiger charge is -2.16. The highest BCUT2D eigenvalue weighted by molar-refractivity contribution is 7.92. The predicted octanol–water partition coefficient (Wildman–Crippen LogP) is 1.75. The molecule has 0 aliphatic heterocycles. The molecule has 0 radical (unpaired) electrons. The van der Waals surface area contributed by atoms with Crippen LogP contribution >= 0.6 is 0 Å². The molecule has 0 heterocycles. The number of nitro groups is 1. The van der Waals surface area contributed by atoms with Gasteiger partial charge in [-0.2, -0.15) is 5.10 Å². The Hall–Kier alpha value is -3.27. The summed E-state index contributed by atoms with van der Waals surface area (Å²) < 4.78 is 24.0. The van der Waals surface area contributed by atoms with E-state index in [1.165, 1.54) is 55.7 Å². The Bertz CT molecular complexity index is 955. The molecule has 0 saturated heterocycles. The lowest BCUT2D eigenvalue weighted by Crippen LogP contribution is -2.25. The summed E-state index contributed by atoms with van der Waals surface area (Å²) in [5.41, 5.74) is 3.06. The molecule has 0 saturated carbocycles. The fourth-order valence-electron chi connectivity index (χ4n) is 2.00. The Morgan fingerprint density at radius 2 is 1.81 bits per heavy atom. The maximum atomic E-state index is 12.0. The number of anilines is 1. The Kier molecular flexibility index (Phi) is 5.68. The Morgan fingerprint density at radius 1 is 1.19 bits per heavy atom. The van der Waals surface area contributed by atoms with Gasteiger partial charge in [-0.3, -0.25) is 19.2 Å². The van der Waals surface area contributed by atoms with E-state index in [2.05, 4.69) is 10.5 Å². The molecule has 0 aliphatic rings. The van der Waals surface area contributed by atoms with Crippen LogP contribution < -0.4 is 9.73 Å². The zero-order valence-corrected chi connectivity index (χ0v) is 14.8. The molecular formula is C16H16N4O5S. The molecule has 1 amide bonds. The van der Waals surface area contributed by atoms with Crippen molar-refractivity contribution in [3.05, 3.63) is 69.8 Å². The summed E-state index contributed by atoms with van der Waals surface area (Å²) in [5, 5.41) is 14.6. The lowest BCUT2D eigenvalue weighted by atomic mass is 10.2. The van der Waals surface area contributed by atoms with E-state index >= 15 is 0 Å². The molecular weight excluding hydrogens is 360 g/mol. The van der Waals surface area contributed by atoms with Crippen molar-refractivity contribution >= 4 is 33.5 Å². The molecule has 0 bridgehead atoms. The third-order valence-electron chi connectivity index (χ3n) is 3.49. The number of carbonyl (C=O) groups is 1. The Morgan fingerprint density at radius 3 is 2.38 bits per heavy atom. The van der Waals surface area contributed by atoms with Crippen LogP contribution in [0.5, 0.6) is 0 Å². The molecule has 0 unspecified atom stereocenters. The molecule has 2 aromatic carbocycles. The number of carbonyl (C=O) groups excluding carboxylic acids is 1. The van der Waals surface area contributed by atoms with Crippen LogP contribution in [-0.4, -0.2) is 38.8 Å². The molecule has 26 heavy (non-hydrogen) atoms. The third-order valence-corrected chi connectivity index (χ3v) is 4.70. The number of benzene rings is 2. The summed E-state index contributed by atoms with van der Waals surface area (Å²) >= 11 is 0. The van der Waals surface area contributed by atoms with Gasteiger partial charge in [0.15, 0.2) is 0 Å². The van der Waals surface area contributed by atoms with E-state index in [1.807, 2.05) is 0 Å². The number of nitro benzene ring substituents is 1. The zero-order chi connectivity index (χ0) is 19.3. The Balaban J connectivity index is 2.08. The number of hydrazone groups is 1. The smallest absolute Gasteiger partial charge is 0.274 e. The second-order valence-corrected chi connectivity index (χ2v) is 7.31. The Labute approximate surface area is 150 Å². The topological polar surface area (TPSA) is 122 Å². The summed E-state index contributed by atoms with van der Waals surface area (Å²) in [7, 11) is -1.99. The quantitative estimate of drug-likeness (QED) is 0.467. The minimum absolute atomic E-state index is 0.126. The predicted molar refractivity (Wildman–Crippen MR) is 97.8 cm³/mol. The summed E-state index contributed by atoms with van der Waals surface area (Å²) in [6.07, 6.45) is 2.26. The van der Waals surface area contributed by atoms with Crippen molar-refractivity contribution in [2.45, 2.75) is 0 Å². The molecule has 136 valence electrons. The van der Waals surface area contributed by atoms with E-state index in [0.717, 1.165) is 10.6 Å². The zero-order valence-electron chi connectivity index (χ0n) is 14.0. The minimum atomic E-state index is -3.39. The van der Waals surface area contributed by atoms with Crippen LogP contribution in [-0.2, 0) is 10.0 Å². The number of hydrogen-bond acceptors (Lipinski definition) is 6. The van der Waals surface area contributed by atoms with Crippen LogP contribution in [0.25, 0.3) is 0 Å². The highest BCUT2D eigenvalue weighted by Crippen LogP contribution is 2.17. The van der Waals surface area contributed by atoms with Gasteiger partial charge in [-0.25, -0.2) is 13.8 Å². The van der Waals surface area contributed by atoms with Crippen molar-refractivity contribution in [2.75, 3.05) is 17.6 Å². The second kappa shape index (κ2) is 7.74. The van der Waals surface area contributed by atoms with Crippen molar-refractivity contribution in [1.82, 2.24) is 5.43 Å². The van der Waals surface area contributed by atoms with Crippen molar-refractivity contribution in [1.29, 1.82) is 0 Å². The largest absolute Gasteiger partial charge is 0.278 e. The van der Waals surface area contributed by atoms with Crippen molar-refractivity contribution < 1.29 is 18.1 Å². The summed E-state index contributed by atoms with van der Waals surface area (Å²) in [4.78, 5) is 22.4. The highest BCUT2D eigenvalue weighted by Gasteiger charge is 2.13. The molecule has 2 rings (SSSR count). The molecule has 9 nitrogen and oxygen atoms in total. The van der Waals surface area contributed by atoms with E-state index in [-0.39, 0.29) is 16.8 Å². The van der Waals surface area contributed by atoms with Crippen LogP contribution in [0.1, 0.15) is 15.9 Å². The first-order valence-electron chi connectivity index (χ1n) is 7.31. The first kappa shape index (κ1) is 19.1. The summed E-state index contributed by atoms with van der Waals surface area (Å²) in [5.74, 6) is -0.534. The van der Waals surface area contributed by atoms with Gasteiger partial charge >= 0.3 is 0 Å². The normalized spacial score (nSPS) is 11.3. The SMILES string of the molecule is CN(c1ccc(C(=O)N/N=C\c2ccccc2[N+](=O)[O-])cc1)S(C)(=O)=O. The van der Waals surface area contributed by atoms with Gasteiger partial charge in [-0.15, -0.1) is 0 Å².